The van der Waals surface area contributed by atoms with Gasteiger partial charge in [0.2, 0.25) is 0 Å². The normalized spacial score (nSPS) is 11.5. The molecule has 174 valence electrons. The standard InChI is InChI=1S/C27H22ClN5OS/c1-2-33-26(18-11-13-21(28)14-12-18)31-32-27(33)35-17-25(34)30-29-16-24-22-9-5-3-7-19(22)15-20-8-4-6-10-23(20)24/h3-16H,2,17H2,1H3,(H,30,34)/b29-16-. The summed E-state index contributed by atoms with van der Waals surface area (Å²) in [7, 11) is 0. The van der Waals surface area contributed by atoms with E-state index in [1.165, 1.54) is 11.8 Å². The molecule has 0 spiro atoms. The Morgan fingerprint density at radius 2 is 1.66 bits per heavy atom. The molecule has 0 bridgehead atoms. The maximum Gasteiger partial charge on any atom is 0.250 e. The van der Waals surface area contributed by atoms with E-state index < -0.39 is 0 Å². The van der Waals surface area contributed by atoms with Crippen molar-refractivity contribution in [2.24, 2.45) is 5.10 Å². The number of nitrogens with zero attached hydrogens (tertiary/aromatic N) is 4. The third kappa shape index (κ3) is 4.92. The van der Waals surface area contributed by atoms with Crippen molar-refractivity contribution in [2.75, 3.05) is 5.75 Å². The number of carbonyl (C=O) groups is 1. The Kier molecular flexibility index (Phi) is 6.79. The Hall–Kier alpha value is -3.68. The van der Waals surface area contributed by atoms with Gasteiger partial charge in [-0.15, -0.1) is 10.2 Å². The van der Waals surface area contributed by atoms with Crippen LogP contribution < -0.4 is 5.43 Å². The molecule has 0 saturated carbocycles. The Morgan fingerprint density at radius 1 is 1.00 bits per heavy atom. The highest BCUT2D eigenvalue weighted by atomic mass is 35.5. The lowest BCUT2D eigenvalue weighted by atomic mass is 9.97. The van der Waals surface area contributed by atoms with E-state index in [1.807, 2.05) is 60.0 Å². The Morgan fingerprint density at radius 3 is 2.31 bits per heavy atom. The van der Waals surface area contributed by atoms with E-state index in [9.17, 15) is 4.79 Å². The van der Waals surface area contributed by atoms with E-state index in [0.717, 1.165) is 38.5 Å². The van der Waals surface area contributed by atoms with Crippen molar-refractivity contribution in [3.05, 3.63) is 89.4 Å². The van der Waals surface area contributed by atoms with Crippen LogP contribution in [0.3, 0.4) is 0 Å². The van der Waals surface area contributed by atoms with Crippen LogP contribution in [-0.2, 0) is 11.3 Å². The molecular formula is C27H22ClN5OS. The molecule has 1 heterocycles. The quantitative estimate of drug-likeness (QED) is 0.126. The smallest absolute Gasteiger partial charge is 0.250 e. The molecule has 1 aromatic heterocycles. The van der Waals surface area contributed by atoms with Crippen LogP contribution in [0.2, 0.25) is 5.02 Å². The lowest BCUT2D eigenvalue weighted by Crippen LogP contribution is -2.20. The highest BCUT2D eigenvalue weighted by Gasteiger charge is 2.14. The largest absolute Gasteiger partial charge is 0.302 e. The molecule has 0 radical (unpaired) electrons. The molecule has 0 aliphatic heterocycles. The zero-order valence-electron chi connectivity index (χ0n) is 19.0. The molecule has 5 rings (SSSR count). The molecule has 0 atom stereocenters. The molecule has 0 fully saturated rings. The summed E-state index contributed by atoms with van der Waals surface area (Å²) < 4.78 is 1.98. The number of rotatable bonds is 7. The summed E-state index contributed by atoms with van der Waals surface area (Å²) >= 11 is 7.32. The number of aromatic nitrogens is 3. The van der Waals surface area contributed by atoms with Crippen LogP contribution in [-0.4, -0.2) is 32.6 Å². The highest BCUT2D eigenvalue weighted by Crippen LogP contribution is 2.27. The highest BCUT2D eigenvalue weighted by molar-refractivity contribution is 7.99. The van der Waals surface area contributed by atoms with E-state index in [2.05, 4.69) is 51.1 Å². The van der Waals surface area contributed by atoms with E-state index >= 15 is 0 Å². The molecule has 0 saturated heterocycles. The maximum absolute atomic E-state index is 12.5. The van der Waals surface area contributed by atoms with Gasteiger partial charge in [0.25, 0.3) is 5.91 Å². The topological polar surface area (TPSA) is 72.2 Å². The van der Waals surface area contributed by atoms with Gasteiger partial charge in [-0.2, -0.15) is 5.10 Å². The van der Waals surface area contributed by atoms with Crippen LogP contribution in [0, 0.1) is 0 Å². The van der Waals surface area contributed by atoms with Gasteiger partial charge in [-0.1, -0.05) is 71.9 Å². The minimum absolute atomic E-state index is 0.173. The molecule has 0 aliphatic rings. The Bertz CT molecular complexity index is 1490. The molecule has 1 amide bonds. The molecule has 35 heavy (non-hydrogen) atoms. The van der Waals surface area contributed by atoms with Crippen LogP contribution >= 0.6 is 23.4 Å². The number of fused-ring (bicyclic) bond motifs is 2. The summed E-state index contributed by atoms with van der Waals surface area (Å²) in [5.41, 5.74) is 4.55. The SMILES string of the molecule is CCn1c(SCC(=O)N/N=C\c2c3ccccc3cc3ccccc23)nnc1-c1ccc(Cl)cc1. The lowest BCUT2D eigenvalue weighted by molar-refractivity contribution is -0.118. The van der Waals surface area contributed by atoms with E-state index in [4.69, 9.17) is 11.6 Å². The number of nitrogens with one attached hydrogen (secondary N) is 1. The molecule has 5 aromatic rings. The minimum Gasteiger partial charge on any atom is -0.302 e. The second kappa shape index (κ2) is 10.3. The third-order valence-corrected chi connectivity index (χ3v) is 6.88. The minimum atomic E-state index is -0.213. The molecule has 0 aliphatic carbocycles. The zero-order chi connectivity index (χ0) is 24.2. The van der Waals surface area contributed by atoms with Crippen molar-refractivity contribution in [1.29, 1.82) is 0 Å². The molecular weight excluding hydrogens is 478 g/mol. The van der Waals surface area contributed by atoms with Gasteiger partial charge in [0, 0.05) is 22.7 Å². The zero-order valence-corrected chi connectivity index (χ0v) is 20.6. The summed E-state index contributed by atoms with van der Waals surface area (Å²) in [5.74, 6) is 0.703. The van der Waals surface area contributed by atoms with Crippen molar-refractivity contribution in [2.45, 2.75) is 18.6 Å². The van der Waals surface area contributed by atoms with Crippen LogP contribution in [0.5, 0.6) is 0 Å². The number of benzene rings is 4. The maximum atomic E-state index is 12.5. The van der Waals surface area contributed by atoms with Gasteiger partial charge in [-0.3, -0.25) is 4.79 Å². The van der Waals surface area contributed by atoms with Crippen LogP contribution in [0.1, 0.15) is 12.5 Å². The van der Waals surface area contributed by atoms with Crippen molar-refractivity contribution in [3.63, 3.8) is 0 Å². The third-order valence-electron chi connectivity index (χ3n) is 5.66. The number of carbonyl (C=O) groups excluding carboxylic acids is 1. The molecule has 0 unspecified atom stereocenters. The number of thioether (sulfide) groups is 1. The Balaban J connectivity index is 1.29. The monoisotopic (exact) mass is 499 g/mol. The number of halogens is 1. The summed E-state index contributed by atoms with van der Waals surface area (Å²) in [6.45, 7) is 2.70. The number of hydrogen-bond acceptors (Lipinski definition) is 5. The van der Waals surface area contributed by atoms with E-state index in [1.54, 1.807) is 6.21 Å². The number of hydrazone groups is 1. The molecule has 1 N–H and O–H groups in total. The van der Waals surface area contributed by atoms with Crippen molar-refractivity contribution >= 4 is 57.0 Å². The van der Waals surface area contributed by atoms with E-state index in [0.29, 0.717) is 16.7 Å². The summed E-state index contributed by atoms with van der Waals surface area (Å²) in [4.78, 5) is 12.5. The predicted octanol–water partition coefficient (Wildman–Crippen LogP) is 6.17. The number of amides is 1. The van der Waals surface area contributed by atoms with Gasteiger partial charge >= 0.3 is 0 Å². The first-order valence-corrected chi connectivity index (χ1v) is 12.5. The fraction of sp³-hybridized carbons (Fsp3) is 0.111. The van der Waals surface area contributed by atoms with Crippen LogP contribution in [0.15, 0.2) is 89.1 Å². The molecule has 4 aromatic carbocycles. The van der Waals surface area contributed by atoms with Crippen molar-refractivity contribution < 1.29 is 4.79 Å². The lowest BCUT2D eigenvalue weighted by Gasteiger charge is -2.08. The van der Waals surface area contributed by atoms with Crippen LogP contribution in [0.25, 0.3) is 32.9 Å². The Labute approximate surface area is 212 Å². The average molecular weight is 500 g/mol. The van der Waals surface area contributed by atoms with Gasteiger partial charge in [0.05, 0.1) is 12.0 Å². The number of hydrogen-bond donors (Lipinski definition) is 1. The van der Waals surface area contributed by atoms with Gasteiger partial charge in [-0.25, -0.2) is 5.43 Å². The van der Waals surface area contributed by atoms with Crippen LogP contribution in [0.4, 0.5) is 0 Å². The first kappa shape index (κ1) is 23.1. The fourth-order valence-corrected chi connectivity index (χ4v) is 4.93. The van der Waals surface area contributed by atoms with E-state index in [-0.39, 0.29) is 11.7 Å². The molecule has 6 nitrogen and oxygen atoms in total. The van der Waals surface area contributed by atoms with Gasteiger partial charge in [0.1, 0.15) is 0 Å². The fourth-order valence-electron chi connectivity index (χ4n) is 4.01. The van der Waals surface area contributed by atoms with Gasteiger partial charge in [0.15, 0.2) is 11.0 Å². The van der Waals surface area contributed by atoms with Crippen molar-refractivity contribution in [1.82, 2.24) is 20.2 Å². The first-order chi connectivity index (χ1) is 17.1. The summed E-state index contributed by atoms with van der Waals surface area (Å²) in [6, 6.07) is 26.0. The second-order valence-corrected chi connectivity index (χ2v) is 9.25. The second-order valence-electron chi connectivity index (χ2n) is 7.87. The molecule has 8 heteroatoms. The summed E-state index contributed by atoms with van der Waals surface area (Å²) in [6.07, 6.45) is 1.72. The van der Waals surface area contributed by atoms with Gasteiger partial charge < -0.3 is 4.57 Å². The average Bonchev–Trinajstić information content (AvgIpc) is 3.30. The van der Waals surface area contributed by atoms with Gasteiger partial charge in [-0.05, 0) is 58.8 Å². The van der Waals surface area contributed by atoms with Crippen molar-refractivity contribution in [3.8, 4) is 11.4 Å². The summed E-state index contributed by atoms with van der Waals surface area (Å²) in [5, 5.41) is 18.6. The first-order valence-electron chi connectivity index (χ1n) is 11.2. The predicted molar refractivity (Wildman–Crippen MR) is 144 cm³/mol.